The molecule has 1 heterocycles. The summed E-state index contributed by atoms with van der Waals surface area (Å²) in [7, 11) is 0. The van der Waals surface area contributed by atoms with Gasteiger partial charge in [-0.05, 0) is 25.8 Å². The van der Waals surface area contributed by atoms with E-state index in [1.54, 1.807) is 19.1 Å². The first kappa shape index (κ1) is 11.9. The van der Waals surface area contributed by atoms with Crippen molar-refractivity contribution >= 4 is 11.4 Å². The smallest absolute Gasteiger partial charge is 0.274 e. The molecule has 1 atom stereocenters. The lowest BCUT2D eigenvalue weighted by atomic mass is 10.0. The predicted octanol–water partition coefficient (Wildman–Crippen LogP) is 1.83. The average molecular weight is 235 g/mol. The molecule has 0 saturated carbocycles. The highest BCUT2D eigenvalue weighted by atomic mass is 16.6. The van der Waals surface area contributed by atoms with E-state index in [9.17, 15) is 10.1 Å². The van der Waals surface area contributed by atoms with E-state index in [0.717, 1.165) is 37.2 Å². The molecule has 1 fully saturated rings. The van der Waals surface area contributed by atoms with Crippen LogP contribution < -0.4 is 10.6 Å². The zero-order valence-electron chi connectivity index (χ0n) is 9.93. The van der Waals surface area contributed by atoms with Gasteiger partial charge in [-0.1, -0.05) is 6.07 Å². The number of hydrogen-bond donors (Lipinski definition) is 1. The summed E-state index contributed by atoms with van der Waals surface area (Å²) in [6.45, 7) is 3.51. The van der Waals surface area contributed by atoms with Crippen LogP contribution in [0.3, 0.4) is 0 Å². The van der Waals surface area contributed by atoms with Gasteiger partial charge < -0.3 is 10.6 Å². The average Bonchev–Trinajstić information content (AvgIpc) is 2.29. The van der Waals surface area contributed by atoms with Crippen LogP contribution in [0.2, 0.25) is 0 Å². The van der Waals surface area contributed by atoms with Gasteiger partial charge in [0, 0.05) is 30.9 Å². The number of piperidine rings is 1. The number of nitro groups is 1. The van der Waals surface area contributed by atoms with Gasteiger partial charge >= 0.3 is 0 Å². The fourth-order valence-corrected chi connectivity index (χ4v) is 2.38. The second-order valence-electron chi connectivity index (χ2n) is 4.53. The van der Waals surface area contributed by atoms with Crippen molar-refractivity contribution in [2.24, 2.45) is 5.73 Å². The standard InChI is InChI=1S/C12H17N3O2/c1-9-11(5-2-6-12(9)15(16)17)14-7-3-4-10(13)8-14/h2,5-6,10H,3-4,7-8,13H2,1H3. The first-order chi connectivity index (χ1) is 8.09. The summed E-state index contributed by atoms with van der Waals surface area (Å²) in [5, 5.41) is 10.9. The van der Waals surface area contributed by atoms with Crippen LogP contribution in [0.1, 0.15) is 18.4 Å². The number of benzene rings is 1. The molecule has 1 unspecified atom stereocenters. The van der Waals surface area contributed by atoms with Crippen LogP contribution in [0.15, 0.2) is 18.2 Å². The SMILES string of the molecule is Cc1c(N2CCCC(N)C2)cccc1[N+](=O)[O-]. The summed E-state index contributed by atoms with van der Waals surface area (Å²) < 4.78 is 0. The molecule has 1 aromatic carbocycles. The molecule has 0 aliphatic carbocycles. The maximum Gasteiger partial charge on any atom is 0.274 e. The van der Waals surface area contributed by atoms with E-state index in [1.165, 1.54) is 0 Å². The van der Waals surface area contributed by atoms with Gasteiger partial charge in [-0.2, -0.15) is 0 Å². The Balaban J connectivity index is 2.32. The van der Waals surface area contributed by atoms with Crippen molar-refractivity contribution in [2.75, 3.05) is 18.0 Å². The first-order valence-electron chi connectivity index (χ1n) is 5.84. The molecule has 5 heteroatoms. The minimum absolute atomic E-state index is 0.169. The molecule has 92 valence electrons. The van der Waals surface area contributed by atoms with E-state index in [1.807, 2.05) is 6.07 Å². The van der Waals surface area contributed by atoms with Crippen molar-refractivity contribution in [3.8, 4) is 0 Å². The molecule has 0 radical (unpaired) electrons. The molecule has 1 aromatic rings. The normalized spacial score (nSPS) is 20.4. The number of nitrogens with zero attached hydrogens (tertiary/aromatic N) is 2. The molecule has 5 nitrogen and oxygen atoms in total. The molecule has 2 N–H and O–H groups in total. The van der Waals surface area contributed by atoms with Gasteiger partial charge in [0.1, 0.15) is 0 Å². The number of nitrogens with two attached hydrogens (primary N) is 1. The number of nitro benzene ring substituents is 1. The Morgan fingerprint density at radius 1 is 1.53 bits per heavy atom. The van der Waals surface area contributed by atoms with Crippen LogP contribution in [0.4, 0.5) is 11.4 Å². The Hall–Kier alpha value is -1.62. The fraction of sp³-hybridized carbons (Fsp3) is 0.500. The van der Waals surface area contributed by atoms with E-state index in [2.05, 4.69) is 4.90 Å². The lowest BCUT2D eigenvalue weighted by Crippen LogP contribution is -2.43. The van der Waals surface area contributed by atoms with E-state index in [4.69, 9.17) is 5.73 Å². The van der Waals surface area contributed by atoms with Gasteiger partial charge in [0.15, 0.2) is 0 Å². The summed E-state index contributed by atoms with van der Waals surface area (Å²) in [4.78, 5) is 12.7. The number of rotatable bonds is 2. The summed E-state index contributed by atoms with van der Waals surface area (Å²) in [5.74, 6) is 0. The van der Waals surface area contributed by atoms with Crippen molar-refractivity contribution in [2.45, 2.75) is 25.8 Å². The molecule has 17 heavy (non-hydrogen) atoms. The third-order valence-electron chi connectivity index (χ3n) is 3.27. The Morgan fingerprint density at radius 3 is 2.94 bits per heavy atom. The van der Waals surface area contributed by atoms with Crippen LogP contribution in [0.5, 0.6) is 0 Å². The van der Waals surface area contributed by atoms with Crippen molar-refractivity contribution in [1.29, 1.82) is 0 Å². The molecule has 1 aliphatic heterocycles. The maximum atomic E-state index is 10.9. The summed E-state index contributed by atoms with van der Waals surface area (Å²) in [6, 6.07) is 5.38. The van der Waals surface area contributed by atoms with Crippen LogP contribution in [0, 0.1) is 17.0 Å². The lowest BCUT2D eigenvalue weighted by molar-refractivity contribution is -0.385. The van der Waals surface area contributed by atoms with Gasteiger partial charge in [-0.15, -0.1) is 0 Å². The Morgan fingerprint density at radius 2 is 2.29 bits per heavy atom. The Kier molecular flexibility index (Phi) is 3.28. The zero-order valence-corrected chi connectivity index (χ0v) is 9.93. The molecule has 2 rings (SSSR count). The Labute approximate surface area is 100 Å². The van der Waals surface area contributed by atoms with Crippen molar-refractivity contribution in [3.63, 3.8) is 0 Å². The third-order valence-corrected chi connectivity index (χ3v) is 3.27. The third kappa shape index (κ3) is 2.39. The van der Waals surface area contributed by atoms with Gasteiger partial charge in [0.2, 0.25) is 0 Å². The van der Waals surface area contributed by atoms with Crippen molar-refractivity contribution in [1.82, 2.24) is 0 Å². The van der Waals surface area contributed by atoms with Crippen LogP contribution in [0.25, 0.3) is 0 Å². The van der Waals surface area contributed by atoms with Crippen LogP contribution in [-0.4, -0.2) is 24.1 Å². The highest BCUT2D eigenvalue weighted by Gasteiger charge is 2.21. The topological polar surface area (TPSA) is 72.4 Å². The molecular weight excluding hydrogens is 218 g/mol. The predicted molar refractivity (Wildman–Crippen MR) is 67.3 cm³/mol. The minimum Gasteiger partial charge on any atom is -0.370 e. The fourth-order valence-electron chi connectivity index (χ4n) is 2.38. The van der Waals surface area contributed by atoms with Crippen LogP contribution in [-0.2, 0) is 0 Å². The largest absolute Gasteiger partial charge is 0.370 e. The second-order valence-corrected chi connectivity index (χ2v) is 4.53. The van der Waals surface area contributed by atoms with E-state index in [0.29, 0.717) is 0 Å². The minimum atomic E-state index is -0.331. The molecule has 1 aliphatic rings. The number of anilines is 1. The Bertz CT molecular complexity index is 434. The highest BCUT2D eigenvalue weighted by molar-refractivity contribution is 5.61. The zero-order chi connectivity index (χ0) is 12.4. The van der Waals surface area contributed by atoms with Gasteiger partial charge in [0.05, 0.1) is 10.5 Å². The molecule has 0 bridgehead atoms. The van der Waals surface area contributed by atoms with E-state index >= 15 is 0 Å². The number of hydrogen-bond acceptors (Lipinski definition) is 4. The van der Waals surface area contributed by atoms with Gasteiger partial charge in [-0.3, -0.25) is 10.1 Å². The second kappa shape index (κ2) is 4.71. The quantitative estimate of drug-likeness (QED) is 0.627. The molecule has 0 amide bonds. The van der Waals surface area contributed by atoms with Gasteiger partial charge in [0.25, 0.3) is 5.69 Å². The molecule has 0 spiro atoms. The monoisotopic (exact) mass is 235 g/mol. The van der Waals surface area contributed by atoms with E-state index < -0.39 is 0 Å². The maximum absolute atomic E-state index is 10.9. The van der Waals surface area contributed by atoms with Crippen molar-refractivity contribution < 1.29 is 4.92 Å². The molecular formula is C12H17N3O2. The van der Waals surface area contributed by atoms with Gasteiger partial charge in [-0.25, -0.2) is 0 Å². The van der Waals surface area contributed by atoms with Crippen LogP contribution >= 0.6 is 0 Å². The summed E-state index contributed by atoms with van der Waals surface area (Å²) >= 11 is 0. The summed E-state index contributed by atoms with van der Waals surface area (Å²) in [5.41, 5.74) is 7.78. The van der Waals surface area contributed by atoms with E-state index in [-0.39, 0.29) is 16.7 Å². The summed E-state index contributed by atoms with van der Waals surface area (Å²) in [6.07, 6.45) is 2.08. The van der Waals surface area contributed by atoms with Crippen molar-refractivity contribution in [3.05, 3.63) is 33.9 Å². The highest BCUT2D eigenvalue weighted by Crippen LogP contribution is 2.29. The lowest BCUT2D eigenvalue weighted by Gasteiger charge is -2.33. The first-order valence-corrected chi connectivity index (χ1v) is 5.84. The molecule has 0 aromatic heterocycles. The molecule has 1 saturated heterocycles.